The van der Waals surface area contributed by atoms with Gasteiger partial charge >= 0.3 is 0 Å². The van der Waals surface area contributed by atoms with E-state index in [0.717, 1.165) is 12.5 Å². The minimum Gasteiger partial charge on any atom is -0.383 e. The summed E-state index contributed by atoms with van der Waals surface area (Å²) in [6, 6.07) is 0.486. The zero-order valence-corrected chi connectivity index (χ0v) is 10.8. The Morgan fingerprint density at radius 1 is 1.27 bits per heavy atom. The molecular weight excluding hydrogens is 186 g/mol. The first-order valence-corrected chi connectivity index (χ1v) is 6.30. The lowest BCUT2D eigenvalue weighted by Crippen LogP contribution is -2.44. The van der Waals surface area contributed by atoms with Gasteiger partial charge in [-0.15, -0.1) is 0 Å². The predicted octanol–water partition coefficient (Wildman–Crippen LogP) is 2.83. The van der Waals surface area contributed by atoms with E-state index in [0.29, 0.717) is 11.5 Å². The summed E-state index contributed by atoms with van der Waals surface area (Å²) in [5, 5.41) is 3.61. The quantitative estimate of drug-likeness (QED) is 0.702. The highest BCUT2D eigenvalue weighted by Gasteiger charge is 2.37. The normalized spacial score (nSPS) is 21.4. The highest BCUT2D eigenvalue weighted by molar-refractivity contribution is 4.90. The van der Waals surface area contributed by atoms with Gasteiger partial charge in [0.15, 0.2) is 0 Å². The molecule has 15 heavy (non-hydrogen) atoms. The van der Waals surface area contributed by atoms with Crippen molar-refractivity contribution in [3.8, 4) is 0 Å². The van der Waals surface area contributed by atoms with Gasteiger partial charge in [0.25, 0.3) is 0 Å². The Labute approximate surface area is 94.8 Å². The predicted molar refractivity (Wildman–Crippen MR) is 65.1 cm³/mol. The van der Waals surface area contributed by atoms with Crippen LogP contribution in [0.15, 0.2) is 0 Å². The molecule has 0 amide bonds. The van der Waals surface area contributed by atoms with Crippen molar-refractivity contribution < 1.29 is 4.74 Å². The van der Waals surface area contributed by atoms with Crippen LogP contribution in [-0.2, 0) is 4.74 Å². The molecule has 1 aliphatic carbocycles. The van der Waals surface area contributed by atoms with E-state index in [4.69, 9.17) is 4.74 Å². The molecular formula is C13H27NO. The van der Waals surface area contributed by atoms with Gasteiger partial charge in [-0.1, -0.05) is 20.3 Å². The van der Waals surface area contributed by atoms with Gasteiger partial charge in [0.2, 0.25) is 0 Å². The third-order valence-electron chi connectivity index (χ3n) is 3.50. The van der Waals surface area contributed by atoms with Gasteiger partial charge in [0.05, 0.1) is 6.61 Å². The van der Waals surface area contributed by atoms with E-state index in [9.17, 15) is 0 Å². The number of hydrogen-bond donors (Lipinski definition) is 1. The molecule has 1 atom stereocenters. The van der Waals surface area contributed by atoms with E-state index in [1.165, 1.54) is 32.2 Å². The van der Waals surface area contributed by atoms with Crippen molar-refractivity contribution in [3.05, 3.63) is 0 Å². The molecule has 0 aromatic carbocycles. The molecule has 0 saturated heterocycles. The maximum absolute atomic E-state index is 5.14. The average Bonchev–Trinajstić information content (AvgIpc) is 2.09. The summed E-state index contributed by atoms with van der Waals surface area (Å²) in [5.41, 5.74) is 0.607. The molecule has 2 nitrogen and oxygen atoms in total. The smallest absolute Gasteiger partial charge is 0.0613 e. The van der Waals surface area contributed by atoms with Gasteiger partial charge in [-0.3, -0.25) is 0 Å². The highest BCUT2D eigenvalue weighted by atomic mass is 16.5. The molecule has 1 N–H and O–H groups in total. The fourth-order valence-electron chi connectivity index (χ4n) is 2.70. The minimum atomic E-state index is 0.486. The summed E-state index contributed by atoms with van der Waals surface area (Å²) in [5.74, 6) is 0.824. The average molecular weight is 213 g/mol. The van der Waals surface area contributed by atoms with Crippen LogP contribution in [0.2, 0.25) is 0 Å². The van der Waals surface area contributed by atoms with Crippen LogP contribution in [0, 0.1) is 11.3 Å². The van der Waals surface area contributed by atoms with Crippen molar-refractivity contribution in [2.24, 2.45) is 11.3 Å². The molecule has 2 heteroatoms. The Morgan fingerprint density at radius 2 is 1.93 bits per heavy atom. The van der Waals surface area contributed by atoms with Crippen molar-refractivity contribution in [1.82, 2.24) is 5.32 Å². The molecule has 1 saturated carbocycles. The van der Waals surface area contributed by atoms with Gasteiger partial charge < -0.3 is 10.1 Å². The Morgan fingerprint density at radius 3 is 2.33 bits per heavy atom. The molecule has 0 spiro atoms. The van der Waals surface area contributed by atoms with Crippen molar-refractivity contribution >= 4 is 0 Å². The maximum atomic E-state index is 5.14. The van der Waals surface area contributed by atoms with Crippen molar-refractivity contribution in [1.29, 1.82) is 0 Å². The lowest BCUT2D eigenvalue weighted by Gasteiger charge is -2.44. The SMILES string of the molecule is COCC(C)NCC1(CC(C)C)CCC1. The molecule has 1 aliphatic rings. The number of hydrogen-bond acceptors (Lipinski definition) is 2. The topological polar surface area (TPSA) is 21.3 Å². The fourth-order valence-corrected chi connectivity index (χ4v) is 2.70. The lowest BCUT2D eigenvalue weighted by atomic mass is 9.64. The van der Waals surface area contributed by atoms with Gasteiger partial charge in [0, 0.05) is 19.7 Å². The Kier molecular flexibility index (Phi) is 5.07. The lowest BCUT2D eigenvalue weighted by molar-refractivity contribution is 0.0861. The molecule has 90 valence electrons. The van der Waals surface area contributed by atoms with Gasteiger partial charge in [-0.05, 0) is 37.5 Å². The van der Waals surface area contributed by atoms with Crippen LogP contribution >= 0.6 is 0 Å². The molecule has 0 bridgehead atoms. The van der Waals surface area contributed by atoms with E-state index in [1.807, 2.05) is 0 Å². The van der Waals surface area contributed by atoms with E-state index in [1.54, 1.807) is 7.11 Å². The minimum absolute atomic E-state index is 0.486. The van der Waals surface area contributed by atoms with Crippen LogP contribution in [0.3, 0.4) is 0 Å². The largest absolute Gasteiger partial charge is 0.383 e. The number of nitrogens with one attached hydrogen (secondary N) is 1. The summed E-state index contributed by atoms with van der Waals surface area (Å²) in [7, 11) is 1.77. The Balaban J connectivity index is 2.27. The van der Waals surface area contributed by atoms with Crippen molar-refractivity contribution in [2.45, 2.75) is 52.5 Å². The van der Waals surface area contributed by atoms with E-state index in [2.05, 4.69) is 26.1 Å². The molecule has 1 rings (SSSR count). The summed E-state index contributed by atoms with van der Waals surface area (Å²) < 4.78 is 5.14. The summed E-state index contributed by atoms with van der Waals surface area (Å²) in [6.07, 6.45) is 5.63. The Bertz CT molecular complexity index is 175. The summed E-state index contributed by atoms with van der Waals surface area (Å²) >= 11 is 0. The Hall–Kier alpha value is -0.0800. The first-order valence-electron chi connectivity index (χ1n) is 6.30. The zero-order chi connectivity index (χ0) is 11.3. The molecule has 0 aliphatic heterocycles. The molecule has 0 aromatic rings. The highest BCUT2D eigenvalue weighted by Crippen LogP contribution is 2.45. The first kappa shape index (κ1) is 13.0. The van der Waals surface area contributed by atoms with E-state index in [-0.39, 0.29) is 0 Å². The number of methoxy groups -OCH3 is 1. The van der Waals surface area contributed by atoms with E-state index >= 15 is 0 Å². The summed E-state index contributed by atoms with van der Waals surface area (Å²) in [6.45, 7) is 8.86. The zero-order valence-electron chi connectivity index (χ0n) is 10.8. The van der Waals surface area contributed by atoms with Crippen LogP contribution < -0.4 is 5.32 Å². The van der Waals surface area contributed by atoms with Gasteiger partial charge in [-0.25, -0.2) is 0 Å². The van der Waals surface area contributed by atoms with Crippen molar-refractivity contribution in [2.75, 3.05) is 20.3 Å². The van der Waals surface area contributed by atoms with Gasteiger partial charge in [-0.2, -0.15) is 0 Å². The first-order chi connectivity index (χ1) is 7.08. The van der Waals surface area contributed by atoms with Crippen LogP contribution in [0.5, 0.6) is 0 Å². The second kappa shape index (κ2) is 5.86. The maximum Gasteiger partial charge on any atom is 0.0613 e. The molecule has 0 aromatic heterocycles. The monoisotopic (exact) mass is 213 g/mol. The molecule has 0 heterocycles. The van der Waals surface area contributed by atoms with Crippen LogP contribution in [0.25, 0.3) is 0 Å². The fraction of sp³-hybridized carbons (Fsp3) is 1.00. The standard InChI is InChI=1S/C13H27NO/c1-11(2)8-13(6-5-7-13)10-14-12(3)9-15-4/h11-12,14H,5-10H2,1-4H3. The van der Waals surface area contributed by atoms with Crippen molar-refractivity contribution in [3.63, 3.8) is 0 Å². The number of rotatable bonds is 7. The third-order valence-corrected chi connectivity index (χ3v) is 3.50. The second-order valence-corrected chi connectivity index (χ2v) is 5.69. The molecule has 1 fully saturated rings. The third kappa shape index (κ3) is 4.12. The molecule has 1 unspecified atom stereocenters. The summed E-state index contributed by atoms with van der Waals surface area (Å²) in [4.78, 5) is 0. The van der Waals surface area contributed by atoms with Gasteiger partial charge in [0.1, 0.15) is 0 Å². The van der Waals surface area contributed by atoms with Crippen LogP contribution in [0.4, 0.5) is 0 Å². The number of ether oxygens (including phenoxy) is 1. The molecule has 0 radical (unpaired) electrons. The van der Waals surface area contributed by atoms with Crippen LogP contribution in [0.1, 0.15) is 46.5 Å². The second-order valence-electron chi connectivity index (χ2n) is 5.69. The van der Waals surface area contributed by atoms with E-state index < -0.39 is 0 Å². The van der Waals surface area contributed by atoms with Crippen LogP contribution in [-0.4, -0.2) is 26.3 Å².